The second-order valence-corrected chi connectivity index (χ2v) is 3.68. The molecule has 1 atom stereocenters. The van der Waals surface area contributed by atoms with Crippen molar-refractivity contribution in [1.29, 1.82) is 0 Å². The lowest BCUT2D eigenvalue weighted by atomic mass is 10.1. The Kier molecular flexibility index (Phi) is 3.10. The van der Waals surface area contributed by atoms with Gasteiger partial charge in [0, 0.05) is 32.4 Å². The van der Waals surface area contributed by atoms with Gasteiger partial charge in [0.1, 0.15) is 0 Å². The molecule has 2 rings (SSSR count). The van der Waals surface area contributed by atoms with Gasteiger partial charge in [0.25, 0.3) is 0 Å². The lowest BCUT2D eigenvalue weighted by Gasteiger charge is -2.22. The lowest BCUT2D eigenvalue weighted by molar-refractivity contribution is 0.0698. The number of aryl methyl sites for hydroxylation is 1. The van der Waals surface area contributed by atoms with E-state index in [0.29, 0.717) is 6.04 Å². The predicted molar refractivity (Wildman–Crippen MR) is 51.7 cm³/mol. The zero-order valence-electron chi connectivity index (χ0n) is 8.44. The third-order valence-corrected chi connectivity index (χ3v) is 2.38. The van der Waals surface area contributed by atoms with Crippen LogP contribution in [0.15, 0.2) is 6.20 Å². The van der Waals surface area contributed by atoms with E-state index in [-0.39, 0.29) is 0 Å². The molecule has 5 heteroatoms. The first kappa shape index (κ1) is 9.61. The standard InChI is InChI=1S/C9H16N4O/c1-13-6-9(11-12-13)5-10-8-3-2-4-14-7-8/h6,8,10H,2-5,7H2,1H3/t8-/m0/s1. The number of hydrogen-bond donors (Lipinski definition) is 1. The van der Waals surface area contributed by atoms with E-state index in [1.54, 1.807) is 4.68 Å². The van der Waals surface area contributed by atoms with Gasteiger partial charge < -0.3 is 10.1 Å². The molecule has 78 valence electrons. The van der Waals surface area contributed by atoms with Crippen molar-refractivity contribution in [1.82, 2.24) is 20.3 Å². The van der Waals surface area contributed by atoms with Crippen molar-refractivity contribution in [3.05, 3.63) is 11.9 Å². The summed E-state index contributed by atoms with van der Waals surface area (Å²) in [6.45, 7) is 2.51. The van der Waals surface area contributed by atoms with E-state index in [1.165, 1.54) is 6.42 Å². The van der Waals surface area contributed by atoms with Crippen molar-refractivity contribution in [2.45, 2.75) is 25.4 Å². The van der Waals surface area contributed by atoms with Crippen molar-refractivity contribution < 1.29 is 4.74 Å². The highest BCUT2D eigenvalue weighted by atomic mass is 16.5. The molecule has 0 bridgehead atoms. The average molecular weight is 196 g/mol. The van der Waals surface area contributed by atoms with Crippen LogP contribution in [0.5, 0.6) is 0 Å². The Bertz CT molecular complexity index is 280. The molecule has 1 aromatic heterocycles. The molecule has 1 fully saturated rings. The molecule has 1 aromatic rings. The van der Waals surface area contributed by atoms with Crippen LogP contribution in [0, 0.1) is 0 Å². The van der Waals surface area contributed by atoms with Crippen molar-refractivity contribution in [3.63, 3.8) is 0 Å². The maximum atomic E-state index is 5.37. The number of hydrogen-bond acceptors (Lipinski definition) is 4. The van der Waals surface area contributed by atoms with Gasteiger partial charge in [-0.25, -0.2) is 0 Å². The molecule has 0 aromatic carbocycles. The fourth-order valence-corrected chi connectivity index (χ4v) is 1.63. The number of ether oxygens (including phenoxy) is 1. The number of aromatic nitrogens is 3. The van der Waals surface area contributed by atoms with Gasteiger partial charge in [-0.1, -0.05) is 5.21 Å². The quantitative estimate of drug-likeness (QED) is 0.744. The summed E-state index contributed by atoms with van der Waals surface area (Å²) < 4.78 is 7.09. The zero-order chi connectivity index (χ0) is 9.80. The van der Waals surface area contributed by atoms with Crippen LogP contribution < -0.4 is 5.32 Å². The number of rotatable bonds is 3. The minimum Gasteiger partial charge on any atom is -0.380 e. The molecule has 0 saturated carbocycles. The summed E-state index contributed by atoms with van der Waals surface area (Å²) in [4.78, 5) is 0. The lowest BCUT2D eigenvalue weighted by Crippen LogP contribution is -2.36. The van der Waals surface area contributed by atoms with E-state index in [9.17, 15) is 0 Å². The van der Waals surface area contributed by atoms with Crippen LogP contribution >= 0.6 is 0 Å². The normalized spacial score (nSPS) is 22.5. The minimum absolute atomic E-state index is 0.478. The van der Waals surface area contributed by atoms with Gasteiger partial charge in [0.05, 0.1) is 12.3 Å². The van der Waals surface area contributed by atoms with Crippen LogP contribution in [0.4, 0.5) is 0 Å². The molecule has 0 spiro atoms. The van der Waals surface area contributed by atoms with E-state index in [1.807, 2.05) is 13.2 Å². The second kappa shape index (κ2) is 4.52. The molecule has 1 aliphatic rings. The van der Waals surface area contributed by atoms with Crippen molar-refractivity contribution in [2.75, 3.05) is 13.2 Å². The molecule has 1 N–H and O–H groups in total. The number of nitrogens with zero attached hydrogens (tertiary/aromatic N) is 3. The maximum Gasteiger partial charge on any atom is 0.0964 e. The summed E-state index contributed by atoms with van der Waals surface area (Å²) in [5.41, 5.74) is 0.984. The van der Waals surface area contributed by atoms with Crippen LogP contribution in [0.2, 0.25) is 0 Å². The van der Waals surface area contributed by atoms with Gasteiger partial charge in [-0.3, -0.25) is 4.68 Å². The van der Waals surface area contributed by atoms with Gasteiger partial charge in [-0.2, -0.15) is 0 Å². The molecule has 0 amide bonds. The predicted octanol–water partition coefficient (Wildman–Crippen LogP) is 0.0837. The minimum atomic E-state index is 0.478. The largest absolute Gasteiger partial charge is 0.380 e. The third kappa shape index (κ3) is 2.52. The molecule has 1 aliphatic heterocycles. The van der Waals surface area contributed by atoms with E-state index in [4.69, 9.17) is 4.74 Å². The molecule has 5 nitrogen and oxygen atoms in total. The highest BCUT2D eigenvalue weighted by molar-refractivity contribution is 4.91. The highest BCUT2D eigenvalue weighted by Gasteiger charge is 2.13. The van der Waals surface area contributed by atoms with Crippen molar-refractivity contribution in [3.8, 4) is 0 Å². The summed E-state index contributed by atoms with van der Waals surface area (Å²) in [5.74, 6) is 0. The molecular formula is C9H16N4O. The van der Waals surface area contributed by atoms with Crippen molar-refractivity contribution in [2.24, 2.45) is 7.05 Å². The van der Waals surface area contributed by atoms with Gasteiger partial charge in [0.15, 0.2) is 0 Å². The van der Waals surface area contributed by atoms with Gasteiger partial charge in [0.2, 0.25) is 0 Å². The summed E-state index contributed by atoms with van der Waals surface area (Å²) >= 11 is 0. The molecule has 2 heterocycles. The van der Waals surface area contributed by atoms with Gasteiger partial charge >= 0.3 is 0 Å². The highest BCUT2D eigenvalue weighted by Crippen LogP contribution is 2.06. The van der Waals surface area contributed by atoms with Crippen LogP contribution in [0.1, 0.15) is 18.5 Å². The second-order valence-electron chi connectivity index (χ2n) is 3.68. The molecule has 1 saturated heterocycles. The van der Waals surface area contributed by atoms with Crippen LogP contribution in [-0.4, -0.2) is 34.2 Å². The molecular weight excluding hydrogens is 180 g/mol. The Morgan fingerprint density at radius 1 is 1.71 bits per heavy atom. The van der Waals surface area contributed by atoms with Gasteiger partial charge in [-0.15, -0.1) is 5.10 Å². The van der Waals surface area contributed by atoms with Crippen LogP contribution in [-0.2, 0) is 18.3 Å². The first-order valence-corrected chi connectivity index (χ1v) is 5.01. The summed E-state index contributed by atoms with van der Waals surface area (Å²) in [6, 6.07) is 0.478. The third-order valence-electron chi connectivity index (χ3n) is 2.38. The Morgan fingerprint density at radius 3 is 3.29 bits per heavy atom. The van der Waals surface area contributed by atoms with E-state index in [0.717, 1.165) is 31.9 Å². The topological polar surface area (TPSA) is 52.0 Å². The monoisotopic (exact) mass is 196 g/mol. The van der Waals surface area contributed by atoms with E-state index in [2.05, 4.69) is 15.6 Å². The molecule has 14 heavy (non-hydrogen) atoms. The molecule has 0 unspecified atom stereocenters. The summed E-state index contributed by atoms with van der Waals surface area (Å²) in [7, 11) is 1.88. The zero-order valence-corrected chi connectivity index (χ0v) is 8.44. The molecule has 0 radical (unpaired) electrons. The van der Waals surface area contributed by atoms with Crippen LogP contribution in [0.25, 0.3) is 0 Å². The summed E-state index contributed by atoms with van der Waals surface area (Å²) in [5, 5.41) is 11.3. The summed E-state index contributed by atoms with van der Waals surface area (Å²) in [6.07, 6.45) is 4.27. The van der Waals surface area contributed by atoms with Crippen LogP contribution in [0.3, 0.4) is 0 Å². The fourth-order valence-electron chi connectivity index (χ4n) is 1.63. The Labute approximate surface area is 83.4 Å². The Morgan fingerprint density at radius 2 is 2.64 bits per heavy atom. The van der Waals surface area contributed by atoms with E-state index < -0.39 is 0 Å². The average Bonchev–Trinajstić information content (AvgIpc) is 2.63. The first-order chi connectivity index (χ1) is 6.84. The maximum absolute atomic E-state index is 5.37. The Hall–Kier alpha value is -0.940. The van der Waals surface area contributed by atoms with E-state index >= 15 is 0 Å². The fraction of sp³-hybridized carbons (Fsp3) is 0.778. The van der Waals surface area contributed by atoms with Gasteiger partial charge in [-0.05, 0) is 12.8 Å². The molecule has 0 aliphatic carbocycles. The smallest absolute Gasteiger partial charge is 0.0964 e. The number of nitrogens with one attached hydrogen (secondary N) is 1. The Balaban J connectivity index is 1.76. The van der Waals surface area contributed by atoms with Crippen molar-refractivity contribution >= 4 is 0 Å². The first-order valence-electron chi connectivity index (χ1n) is 5.01. The SMILES string of the molecule is Cn1cc(CN[C@H]2CCCOC2)nn1.